The molecule has 20 heavy (non-hydrogen) atoms. The molecule has 0 radical (unpaired) electrons. The van der Waals surface area contributed by atoms with Gasteiger partial charge in [-0.05, 0) is 23.8 Å². The van der Waals surface area contributed by atoms with E-state index in [9.17, 15) is 13.2 Å². The zero-order valence-corrected chi connectivity index (χ0v) is 11.0. The number of alkyl halides is 3. The van der Waals surface area contributed by atoms with E-state index in [1.165, 1.54) is 26.4 Å². The van der Waals surface area contributed by atoms with Crippen molar-refractivity contribution in [3.8, 4) is 22.6 Å². The molecule has 0 aliphatic heterocycles. The number of hydrogen-bond donors (Lipinski definition) is 0. The quantitative estimate of drug-likeness (QED) is 0.831. The van der Waals surface area contributed by atoms with Gasteiger partial charge in [0.2, 0.25) is 0 Å². The highest BCUT2D eigenvalue weighted by molar-refractivity contribution is 5.74. The lowest BCUT2D eigenvalue weighted by Gasteiger charge is -2.13. The van der Waals surface area contributed by atoms with Crippen molar-refractivity contribution in [2.24, 2.45) is 0 Å². The summed E-state index contributed by atoms with van der Waals surface area (Å²) in [6.45, 7) is 0. The number of rotatable bonds is 3. The van der Waals surface area contributed by atoms with E-state index in [0.717, 1.165) is 12.1 Å². The van der Waals surface area contributed by atoms with E-state index in [0.29, 0.717) is 22.6 Å². The van der Waals surface area contributed by atoms with Gasteiger partial charge in [-0.25, -0.2) is 0 Å². The second-order valence-corrected chi connectivity index (χ2v) is 4.12. The predicted molar refractivity (Wildman–Crippen MR) is 70.0 cm³/mol. The molecule has 0 atom stereocenters. The molecular formula is C15H13F3O2. The molecule has 0 aromatic heterocycles. The van der Waals surface area contributed by atoms with Crippen LogP contribution in [-0.2, 0) is 6.18 Å². The number of methoxy groups -OCH3 is 2. The number of para-hydroxylation sites is 1. The van der Waals surface area contributed by atoms with Crippen LogP contribution in [-0.4, -0.2) is 14.2 Å². The van der Waals surface area contributed by atoms with E-state index < -0.39 is 11.7 Å². The molecular weight excluding hydrogens is 269 g/mol. The Morgan fingerprint density at radius 2 is 1.50 bits per heavy atom. The fraction of sp³-hybridized carbons (Fsp3) is 0.200. The van der Waals surface area contributed by atoms with Gasteiger partial charge in [0.25, 0.3) is 0 Å². The van der Waals surface area contributed by atoms with Crippen molar-refractivity contribution in [2.75, 3.05) is 14.2 Å². The van der Waals surface area contributed by atoms with Crippen molar-refractivity contribution >= 4 is 0 Å². The largest absolute Gasteiger partial charge is 0.493 e. The van der Waals surface area contributed by atoms with Gasteiger partial charge >= 0.3 is 6.18 Å². The van der Waals surface area contributed by atoms with Crippen LogP contribution < -0.4 is 9.47 Å². The normalized spacial score (nSPS) is 11.2. The van der Waals surface area contributed by atoms with E-state index in [2.05, 4.69) is 0 Å². The molecule has 0 fully saturated rings. The molecule has 0 saturated heterocycles. The summed E-state index contributed by atoms with van der Waals surface area (Å²) in [6, 6.07) is 10.2. The maximum absolute atomic E-state index is 12.5. The van der Waals surface area contributed by atoms with E-state index in [4.69, 9.17) is 9.47 Å². The lowest BCUT2D eigenvalue weighted by molar-refractivity contribution is -0.137. The number of hydrogen-bond acceptors (Lipinski definition) is 2. The number of halogens is 3. The van der Waals surface area contributed by atoms with E-state index in [1.807, 2.05) is 0 Å². The molecule has 0 saturated carbocycles. The van der Waals surface area contributed by atoms with Crippen LogP contribution in [0, 0.1) is 0 Å². The van der Waals surface area contributed by atoms with Gasteiger partial charge in [-0.2, -0.15) is 13.2 Å². The minimum atomic E-state index is -4.34. The molecule has 2 aromatic carbocycles. The lowest BCUT2D eigenvalue weighted by Crippen LogP contribution is -2.04. The standard InChI is InChI=1S/C15H13F3O2/c1-19-13-5-3-4-12(14(13)20-2)10-6-8-11(9-7-10)15(16,17)18/h3-9H,1-2H3. The third kappa shape index (κ3) is 2.71. The smallest absolute Gasteiger partial charge is 0.416 e. The van der Waals surface area contributed by atoms with Gasteiger partial charge in [0.1, 0.15) is 0 Å². The van der Waals surface area contributed by atoms with Crippen LogP contribution in [0.15, 0.2) is 42.5 Å². The number of ether oxygens (including phenoxy) is 2. The molecule has 0 N–H and O–H groups in total. The van der Waals surface area contributed by atoms with E-state index in [-0.39, 0.29) is 0 Å². The van der Waals surface area contributed by atoms with Crippen LogP contribution in [0.4, 0.5) is 13.2 Å². The minimum Gasteiger partial charge on any atom is -0.493 e. The Morgan fingerprint density at radius 1 is 0.850 bits per heavy atom. The molecule has 0 unspecified atom stereocenters. The second-order valence-electron chi connectivity index (χ2n) is 4.12. The molecule has 0 amide bonds. The predicted octanol–water partition coefficient (Wildman–Crippen LogP) is 4.39. The first-order chi connectivity index (χ1) is 9.47. The first-order valence-corrected chi connectivity index (χ1v) is 5.86. The highest BCUT2D eigenvalue weighted by atomic mass is 19.4. The topological polar surface area (TPSA) is 18.5 Å². The van der Waals surface area contributed by atoms with Gasteiger partial charge in [0.15, 0.2) is 11.5 Å². The van der Waals surface area contributed by atoms with Crippen LogP contribution in [0.25, 0.3) is 11.1 Å². The molecule has 2 aromatic rings. The van der Waals surface area contributed by atoms with Crippen molar-refractivity contribution in [1.82, 2.24) is 0 Å². The third-order valence-electron chi connectivity index (χ3n) is 2.93. The van der Waals surface area contributed by atoms with Gasteiger partial charge in [-0.3, -0.25) is 0 Å². The summed E-state index contributed by atoms with van der Waals surface area (Å²) in [5.74, 6) is 1.03. The molecule has 0 aliphatic rings. The van der Waals surface area contributed by atoms with E-state index in [1.54, 1.807) is 18.2 Å². The molecule has 0 spiro atoms. The first kappa shape index (κ1) is 14.2. The van der Waals surface area contributed by atoms with Crippen LogP contribution in [0.3, 0.4) is 0 Å². The Hall–Kier alpha value is -2.17. The average molecular weight is 282 g/mol. The molecule has 2 nitrogen and oxygen atoms in total. The molecule has 106 valence electrons. The van der Waals surface area contributed by atoms with Crippen molar-refractivity contribution in [2.45, 2.75) is 6.18 Å². The van der Waals surface area contributed by atoms with Gasteiger partial charge in [-0.15, -0.1) is 0 Å². The molecule has 0 aliphatic carbocycles. The lowest BCUT2D eigenvalue weighted by atomic mass is 10.0. The summed E-state index contributed by atoms with van der Waals surface area (Å²) < 4.78 is 48.1. The summed E-state index contributed by atoms with van der Waals surface area (Å²) in [5, 5.41) is 0. The van der Waals surface area contributed by atoms with Gasteiger partial charge < -0.3 is 9.47 Å². The third-order valence-corrected chi connectivity index (χ3v) is 2.93. The average Bonchev–Trinajstić information content (AvgIpc) is 2.45. The Balaban J connectivity index is 2.47. The number of benzene rings is 2. The Morgan fingerprint density at radius 3 is 2.00 bits per heavy atom. The van der Waals surface area contributed by atoms with Crippen LogP contribution in [0.2, 0.25) is 0 Å². The van der Waals surface area contributed by atoms with Gasteiger partial charge in [0.05, 0.1) is 19.8 Å². The van der Waals surface area contributed by atoms with Crippen LogP contribution >= 0.6 is 0 Å². The second kappa shape index (κ2) is 5.45. The summed E-state index contributed by atoms with van der Waals surface area (Å²) >= 11 is 0. The SMILES string of the molecule is COc1cccc(-c2ccc(C(F)(F)F)cc2)c1OC. The molecule has 0 heterocycles. The molecule has 0 bridgehead atoms. The van der Waals surface area contributed by atoms with Crippen molar-refractivity contribution < 1.29 is 22.6 Å². The Labute approximate surface area is 114 Å². The fourth-order valence-corrected chi connectivity index (χ4v) is 1.95. The zero-order chi connectivity index (χ0) is 14.8. The minimum absolute atomic E-state index is 0.495. The molecule has 2 rings (SSSR count). The maximum Gasteiger partial charge on any atom is 0.416 e. The van der Waals surface area contributed by atoms with Crippen LogP contribution in [0.5, 0.6) is 11.5 Å². The fourth-order valence-electron chi connectivity index (χ4n) is 1.95. The van der Waals surface area contributed by atoms with Gasteiger partial charge in [-0.1, -0.05) is 24.3 Å². The van der Waals surface area contributed by atoms with Crippen molar-refractivity contribution in [3.05, 3.63) is 48.0 Å². The molecule has 5 heteroatoms. The summed E-state index contributed by atoms with van der Waals surface area (Å²) in [7, 11) is 3.00. The van der Waals surface area contributed by atoms with E-state index >= 15 is 0 Å². The Kier molecular flexibility index (Phi) is 3.88. The Bertz CT molecular complexity index is 589. The maximum atomic E-state index is 12.5. The van der Waals surface area contributed by atoms with Crippen molar-refractivity contribution in [3.63, 3.8) is 0 Å². The highest BCUT2D eigenvalue weighted by Crippen LogP contribution is 2.38. The highest BCUT2D eigenvalue weighted by Gasteiger charge is 2.30. The summed E-state index contributed by atoms with van der Waals surface area (Å²) in [6.07, 6.45) is -4.34. The van der Waals surface area contributed by atoms with Crippen LogP contribution in [0.1, 0.15) is 5.56 Å². The first-order valence-electron chi connectivity index (χ1n) is 5.86. The monoisotopic (exact) mass is 282 g/mol. The summed E-state index contributed by atoms with van der Waals surface area (Å²) in [4.78, 5) is 0. The zero-order valence-electron chi connectivity index (χ0n) is 11.0. The summed E-state index contributed by atoms with van der Waals surface area (Å²) in [5.41, 5.74) is 0.637. The van der Waals surface area contributed by atoms with Gasteiger partial charge in [0, 0.05) is 5.56 Å². The van der Waals surface area contributed by atoms with Crippen molar-refractivity contribution in [1.29, 1.82) is 0 Å².